The smallest absolute Gasteiger partial charge is 0.237 e. The molecule has 0 fully saturated rings. The molecule has 1 aromatic rings. The van der Waals surface area contributed by atoms with Gasteiger partial charge in [-0.1, -0.05) is 13.3 Å². The van der Waals surface area contributed by atoms with E-state index in [1.165, 1.54) is 0 Å². The summed E-state index contributed by atoms with van der Waals surface area (Å²) in [5, 5.41) is 0. The number of unbranched alkanes of at least 4 members (excludes halogenated alkanes) is 1. The normalized spacial score (nSPS) is 15.6. The molecule has 0 aliphatic heterocycles. The molecular formula is C9H17N2+. The van der Waals surface area contributed by atoms with Crippen molar-refractivity contribution in [2.45, 2.75) is 33.2 Å². The fraction of sp³-hybridized carbons (Fsp3) is 0.667. The van der Waals surface area contributed by atoms with E-state index >= 15 is 0 Å². The minimum Gasteiger partial charge on any atom is -0.237 e. The van der Waals surface area contributed by atoms with Gasteiger partial charge in [-0.25, -0.2) is 9.13 Å². The van der Waals surface area contributed by atoms with Crippen LogP contribution in [-0.2, 0) is 13.6 Å². The molecule has 0 amide bonds. The van der Waals surface area contributed by atoms with Gasteiger partial charge in [0.2, 0.25) is 0 Å². The van der Waals surface area contributed by atoms with Crippen LogP contribution in [0, 0.1) is 6.85 Å². The van der Waals surface area contributed by atoms with Crippen molar-refractivity contribution in [1.82, 2.24) is 4.57 Å². The van der Waals surface area contributed by atoms with Crippen LogP contribution in [0.1, 0.15) is 29.7 Å². The molecule has 0 N–H and O–H groups in total. The Balaban J connectivity index is 2.95. The maximum absolute atomic E-state index is 7.40. The lowest BCUT2D eigenvalue weighted by Gasteiger charge is -1.95. The molecule has 0 aliphatic carbocycles. The second-order valence-electron chi connectivity index (χ2n) is 2.78. The summed E-state index contributed by atoms with van der Waals surface area (Å²) in [5.74, 6) is 0.408. The second-order valence-corrected chi connectivity index (χ2v) is 2.78. The summed E-state index contributed by atoms with van der Waals surface area (Å²) in [6.07, 6.45) is 5.70. The SMILES string of the molecule is [2H]C([2H])([2H])c1n(CCCC)cc[n+]1C. The van der Waals surface area contributed by atoms with Crippen molar-refractivity contribution in [3.63, 3.8) is 0 Å². The predicted octanol–water partition coefficient (Wildman–Crippen LogP) is 1.42. The number of imidazole rings is 1. The first-order valence-electron chi connectivity index (χ1n) is 5.52. The zero-order valence-corrected chi connectivity index (χ0v) is 7.17. The van der Waals surface area contributed by atoms with E-state index in [0.29, 0.717) is 5.82 Å². The quantitative estimate of drug-likeness (QED) is 0.585. The molecule has 2 heteroatoms. The molecule has 1 aromatic heterocycles. The maximum Gasteiger partial charge on any atom is 0.253 e. The van der Waals surface area contributed by atoms with Gasteiger partial charge in [0, 0.05) is 11.0 Å². The first-order chi connectivity index (χ1) is 6.46. The number of aryl methyl sites for hydroxylation is 2. The van der Waals surface area contributed by atoms with Gasteiger partial charge in [-0.2, -0.15) is 0 Å². The number of nitrogens with zero attached hydrogens (tertiary/aromatic N) is 2. The van der Waals surface area contributed by atoms with E-state index in [9.17, 15) is 0 Å². The van der Waals surface area contributed by atoms with E-state index in [4.69, 9.17) is 4.11 Å². The Kier molecular flexibility index (Phi) is 1.61. The van der Waals surface area contributed by atoms with Crippen molar-refractivity contribution in [2.75, 3.05) is 0 Å². The van der Waals surface area contributed by atoms with Crippen LogP contribution in [0.25, 0.3) is 0 Å². The molecule has 0 radical (unpaired) electrons. The molecule has 1 rings (SSSR count). The molecule has 0 saturated heterocycles. The third-order valence-corrected chi connectivity index (χ3v) is 1.83. The molecule has 0 bridgehead atoms. The minimum absolute atomic E-state index is 0.408. The van der Waals surface area contributed by atoms with Gasteiger partial charge in [-0.15, -0.1) is 0 Å². The Morgan fingerprint density at radius 1 is 1.73 bits per heavy atom. The van der Waals surface area contributed by atoms with Crippen LogP contribution in [0.5, 0.6) is 0 Å². The Bertz CT molecular complexity index is 301. The van der Waals surface area contributed by atoms with Gasteiger partial charge in [0.1, 0.15) is 12.4 Å². The monoisotopic (exact) mass is 156 g/mol. The number of hydrogen-bond acceptors (Lipinski definition) is 0. The summed E-state index contributed by atoms with van der Waals surface area (Å²) in [6, 6.07) is 0. The van der Waals surface area contributed by atoms with E-state index in [1.807, 2.05) is 10.8 Å². The summed E-state index contributed by atoms with van der Waals surface area (Å²) in [4.78, 5) is 0. The summed E-state index contributed by atoms with van der Waals surface area (Å²) in [5.41, 5.74) is 0. The predicted molar refractivity (Wildman–Crippen MR) is 45.3 cm³/mol. The summed E-state index contributed by atoms with van der Waals surface area (Å²) in [7, 11) is 1.77. The fourth-order valence-corrected chi connectivity index (χ4v) is 1.03. The molecule has 62 valence electrons. The third kappa shape index (κ3) is 1.82. The van der Waals surface area contributed by atoms with E-state index in [2.05, 4.69) is 6.92 Å². The van der Waals surface area contributed by atoms with Crippen LogP contribution in [0.2, 0.25) is 0 Å². The lowest BCUT2D eigenvalue weighted by molar-refractivity contribution is -0.677. The molecule has 2 nitrogen and oxygen atoms in total. The Labute approximate surface area is 72.7 Å². The lowest BCUT2D eigenvalue weighted by atomic mass is 10.3. The van der Waals surface area contributed by atoms with Crippen molar-refractivity contribution >= 4 is 0 Å². The van der Waals surface area contributed by atoms with E-state index in [1.54, 1.807) is 17.8 Å². The molecule has 0 saturated carbocycles. The van der Waals surface area contributed by atoms with Crippen molar-refractivity contribution in [1.29, 1.82) is 0 Å². The van der Waals surface area contributed by atoms with Crippen LogP contribution in [0.3, 0.4) is 0 Å². The largest absolute Gasteiger partial charge is 0.253 e. The minimum atomic E-state index is -2.02. The van der Waals surface area contributed by atoms with Gasteiger partial charge < -0.3 is 0 Å². The number of hydrogen-bond donors (Lipinski definition) is 0. The topological polar surface area (TPSA) is 8.81 Å². The second kappa shape index (κ2) is 3.56. The van der Waals surface area contributed by atoms with Crippen molar-refractivity contribution in [3.05, 3.63) is 18.2 Å². The Hall–Kier alpha value is -0.790. The number of aromatic nitrogens is 2. The van der Waals surface area contributed by atoms with Crippen LogP contribution in [-0.4, -0.2) is 4.57 Å². The molecule has 11 heavy (non-hydrogen) atoms. The van der Waals surface area contributed by atoms with Gasteiger partial charge in [-0.05, 0) is 6.42 Å². The third-order valence-electron chi connectivity index (χ3n) is 1.83. The Morgan fingerprint density at radius 2 is 2.55 bits per heavy atom. The summed E-state index contributed by atoms with van der Waals surface area (Å²) in [6.45, 7) is 0.857. The van der Waals surface area contributed by atoms with Gasteiger partial charge in [0.15, 0.2) is 0 Å². The zero-order valence-electron chi connectivity index (χ0n) is 10.2. The van der Waals surface area contributed by atoms with Gasteiger partial charge in [-0.3, -0.25) is 0 Å². The average Bonchev–Trinajstić information content (AvgIpc) is 2.42. The van der Waals surface area contributed by atoms with Gasteiger partial charge >= 0.3 is 0 Å². The van der Waals surface area contributed by atoms with E-state index in [0.717, 1.165) is 19.4 Å². The fourth-order valence-electron chi connectivity index (χ4n) is 1.03. The van der Waals surface area contributed by atoms with Crippen LogP contribution >= 0.6 is 0 Å². The van der Waals surface area contributed by atoms with E-state index in [-0.39, 0.29) is 0 Å². The van der Waals surface area contributed by atoms with Crippen LogP contribution in [0.15, 0.2) is 12.4 Å². The highest BCUT2D eigenvalue weighted by molar-refractivity contribution is 4.78. The average molecular weight is 156 g/mol. The molecule has 0 aliphatic rings. The highest BCUT2D eigenvalue weighted by atomic mass is 15.1. The first kappa shape index (κ1) is 4.96. The molecular weight excluding hydrogens is 136 g/mol. The molecule has 1 heterocycles. The molecule has 0 aromatic carbocycles. The standard InChI is InChI=1S/C9H17N2/c1-4-5-6-11-8-7-10(3)9(11)2/h7-8H,4-6H2,1-3H3/q+1/i2D3. The lowest BCUT2D eigenvalue weighted by Crippen LogP contribution is -2.29. The van der Waals surface area contributed by atoms with Gasteiger partial charge in [0.25, 0.3) is 5.82 Å². The summed E-state index contributed by atoms with van der Waals surface area (Å²) < 4.78 is 25.7. The van der Waals surface area contributed by atoms with Gasteiger partial charge in [0.05, 0.1) is 13.6 Å². The first-order valence-corrected chi connectivity index (χ1v) is 4.02. The maximum atomic E-state index is 7.40. The van der Waals surface area contributed by atoms with Crippen molar-refractivity contribution in [3.8, 4) is 0 Å². The summed E-state index contributed by atoms with van der Waals surface area (Å²) >= 11 is 0. The van der Waals surface area contributed by atoms with E-state index < -0.39 is 6.85 Å². The zero-order chi connectivity index (χ0) is 10.8. The Morgan fingerprint density at radius 3 is 3.18 bits per heavy atom. The van der Waals surface area contributed by atoms with Crippen molar-refractivity contribution in [2.24, 2.45) is 7.05 Å². The molecule has 0 unspecified atom stereocenters. The van der Waals surface area contributed by atoms with Crippen molar-refractivity contribution < 1.29 is 8.68 Å². The van der Waals surface area contributed by atoms with Crippen LogP contribution in [0.4, 0.5) is 0 Å². The van der Waals surface area contributed by atoms with Crippen LogP contribution < -0.4 is 4.57 Å². The number of rotatable bonds is 3. The molecule has 0 atom stereocenters. The highest BCUT2D eigenvalue weighted by Crippen LogP contribution is 1.96. The molecule has 0 spiro atoms. The highest BCUT2D eigenvalue weighted by Gasteiger charge is 2.06.